The number of amides is 3. The molecule has 1 aliphatic rings. The van der Waals surface area contributed by atoms with Gasteiger partial charge in [0.2, 0.25) is 0 Å². The quantitative estimate of drug-likeness (QED) is 0.659. The van der Waals surface area contributed by atoms with Gasteiger partial charge in [-0.1, -0.05) is 13.8 Å². The predicted molar refractivity (Wildman–Crippen MR) is 57.2 cm³/mol. The number of nitrogens with zero attached hydrogens (tertiary/aromatic N) is 1. The lowest BCUT2D eigenvalue weighted by Crippen LogP contribution is -2.55. The maximum atomic E-state index is 11.6. The maximum absolute atomic E-state index is 11.6. The zero-order valence-corrected chi connectivity index (χ0v) is 9.54. The summed E-state index contributed by atoms with van der Waals surface area (Å²) in [5.74, 6) is 0.202. The van der Waals surface area contributed by atoms with Crippen LogP contribution in [0.1, 0.15) is 27.2 Å². The van der Waals surface area contributed by atoms with Crippen molar-refractivity contribution in [2.75, 3.05) is 13.1 Å². The van der Waals surface area contributed by atoms with Gasteiger partial charge in [-0.3, -0.25) is 9.69 Å². The molecule has 0 radical (unpaired) electrons. The zero-order chi connectivity index (χ0) is 11.6. The molecule has 1 saturated heterocycles. The summed E-state index contributed by atoms with van der Waals surface area (Å²) >= 11 is 0. The van der Waals surface area contributed by atoms with Crippen molar-refractivity contribution in [1.29, 1.82) is 0 Å². The molecule has 1 heterocycles. The first-order valence-corrected chi connectivity index (χ1v) is 5.21. The van der Waals surface area contributed by atoms with E-state index >= 15 is 0 Å². The largest absolute Gasteiger partial charge is 0.329 e. The molecule has 86 valence electrons. The summed E-state index contributed by atoms with van der Waals surface area (Å²) in [7, 11) is 0. The van der Waals surface area contributed by atoms with Gasteiger partial charge in [-0.25, -0.2) is 4.79 Å². The summed E-state index contributed by atoms with van der Waals surface area (Å²) in [5.41, 5.74) is 5.12. The molecule has 5 heteroatoms. The summed E-state index contributed by atoms with van der Waals surface area (Å²) in [6.07, 6.45) is 0.725. The Morgan fingerprint density at radius 1 is 1.53 bits per heavy atom. The van der Waals surface area contributed by atoms with Crippen LogP contribution in [-0.4, -0.2) is 35.5 Å². The molecule has 0 bridgehead atoms. The molecule has 3 amide bonds. The smallest absolute Gasteiger partial charge is 0.325 e. The second-order valence-corrected chi connectivity index (χ2v) is 4.69. The number of hydrogen-bond donors (Lipinski definition) is 2. The summed E-state index contributed by atoms with van der Waals surface area (Å²) in [5, 5.41) is 2.51. The fourth-order valence-electron chi connectivity index (χ4n) is 2.11. The number of nitrogens with one attached hydrogen (secondary N) is 1. The molecule has 0 spiro atoms. The van der Waals surface area contributed by atoms with Crippen LogP contribution in [0.3, 0.4) is 0 Å². The Morgan fingerprint density at radius 2 is 2.13 bits per heavy atom. The van der Waals surface area contributed by atoms with Gasteiger partial charge in [0.05, 0.1) is 12.1 Å². The van der Waals surface area contributed by atoms with Gasteiger partial charge in [-0.05, 0) is 19.3 Å². The second-order valence-electron chi connectivity index (χ2n) is 4.69. The summed E-state index contributed by atoms with van der Waals surface area (Å²) in [6.45, 7) is 6.34. The average molecular weight is 213 g/mol. The molecule has 0 saturated carbocycles. The molecular weight excluding hydrogens is 194 g/mol. The minimum absolute atomic E-state index is 0.0898. The van der Waals surface area contributed by atoms with Crippen LogP contribution in [0.15, 0.2) is 0 Å². The van der Waals surface area contributed by atoms with Gasteiger partial charge >= 0.3 is 6.03 Å². The van der Waals surface area contributed by atoms with E-state index in [9.17, 15) is 9.59 Å². The lowest BCUT2D eigenvalue weighted by atomic mass is 9.89. The summed E-state index contributed by atoms with van der Waals surface area (Å²) in [4.78, 5) is 24.3. The molecule has 5 nitrogen and oxygen atoms in total. The lowest BCUT2D eigenvalue weighted by Gasteiger charge is -2.36. The molecule has 3 N–H and O–H groups in total. The van der Waals surface area contributed by atoms with E-state index < -0.39 is 5.54 Å². The highest BCUT2D eigenvalue weighted by Gasteiger charge is 2.42. The summed E-state index contributed by atoms with van der Waals surface area (Å²) < 4.78 is 0. The molecule has 0 aromatic rings. The first-order valence-electron chi connectivity index (χ1n) is 5.21. The van der Waals surface area contributed by atoms with Gasteiger partial charge in [0, 0.05) is 6.54 Å². The molecule has 1 unspecified atom stereocenters. The van der Waals surface area contributed by atoms with Gasteiger partial charge in [0.15, 0.2) is 0 Å². The molecule has 0 aromatic carbocycles. The van der Waals surface area contributed by atoms with Crippen molar-refractivity contribution in [3.63, 3.8) is 0 Å². The van der Waals surface area contributed by atoms with Gasteiger partial charge in [-0.15, -0.1) is 0 Å². The van der Waals surface area contributed by atoms with Gasteiger partial charge in [-0.2, -0.15) is 0 Å². The lowest BCUT2D eigenvalue weighted by molar-refractivity contribution is -0.129. The standard InChI is InChI=1S/C10H19N3O2/c1-7(2)4-10(3,6-11)13-8(14)5-12-9(13)15/h7H,4-6,11H2,1-3H3,(H,12,15). The SMILES string of the molecule is CC(C)CC(C)(CN)N1C(=O)CNC1=O. The Balaban J connectivity index is 2.89. The van der Waals surface area contributed by atoms with Crippen LogP contribution in [0.4, 0.5) is 4.79 Å². The minimum atomic E-state index is -0.564. The van der Waals surface area contributed by atoms with Crippen LogP contribution >= 0.6 is 0 Å². The van der Waals surface area contributed by atoms with Crippen LogP contribution in [0.25, 0.3) is 0 Å². The van der Waals surface area contributed by atoms with Crippen molar-refractivity contribution in [3.05, 3.63) is 0 Å². The molecular formula is C10H19N3O2. The third kappa shape index (κ3) is 2.28. The highest BCUT2D eigenvalue weighted by atomic mass is 16.2. The van der Waals surface area contributed by atoms with Crippen LogP contribution in [0.5, 0.6) is 0 Å². The first kappa shape index (κ1) is 12.0. The van der Waals surface area contributed by atoms with Crippen molar-refractivity contribution in [2.24, 2.45) is 11.7 Å². The van der Waals surface area contributed by atoms with Crippen LogP contribution in [0, 0.1) is 5.92 Å². The topological polar surface area (TPSA) is 75.4 Å². The van der Waals surface area contributed by atoms with Gasteiger partial charge < -0.3 is 11.1 Å². The maximum Gasteiger partial charge on any atom is 0.325 e. The van der Waals surface area contributed by atoms with E-state index in [2.05, 4.69) is 5.32 Å². The third-order valence-corrected chi connectivity index (χ3v) is 2.67. The number of urea groups is 1. The van der Waals surface area contributed by atoms with Gasteiger partial charge in [0.25, 0.3) is 5.91 Å². The minimum Gasteiger partial charge on any atom is -0.329 e. The molecule has 0 aliphatic carbocycles. The molecule has 1 aliphatic heterocycles. The highest BCUT2D eigenvalue weighted by Crippen LogP contribution is 2.25. The summed E-state index contributed by atoms with van der Waals surface area (Å²) in [6, 6.07) is -0.325. The van der Waals surface area contributed by atoms with E-state index in [4.69, 9.17) is 5.73 Å². The van der Waals surface area contributed by atoms with Crippen molar-refractivity contribution in [3.8, 4) is 0 Å². The van der Waals surface area contributed by atoms with E-state index in [0.717, 1.165) is 6.42 Å². The van der Waals surface area contributed by atoms with E-state index in [1.165, 1.54) is 4.90 Å². The monoisotopic (exact) mass is 213 g/mol. The van der Waals surface area contributed by atoms with E-state index in [1.54, 1.807) is 0 Å². The Morgan fingerprint density at radius 3 is 2.47 bits per heavy atom. The van der Waals surface area contributed by atoms with E-state index in [0.29, 0.717) is 12.5 Å². The number of carbonyl (C=O) groups excluding carboxylic acids is 2. The number of rotatable bonds is 4. The van der Waals surface area contributed by atoms with Crippen LogP contribution in [0.2, 0.25) is 0 Å². The van der Waals surface area contributed by atoms with Crippen molar-refractivity contribution < 1.29 is 9.59 Å². The highest BCUT2D eigenvalue weighted by molar-refractivity contribution is 6.02. The normalized spacial score (nSPS) is 20.7. The fraction of sp³-hybridized carbons (Fsp3) is 0.800. The number of hydrogen-bond acceptors (Lipinski definition) is 3. The Kier molecular flexibility index (Phi) is 3.34. The Labute approximate surface area is 90.0 Å². The van der Waals surface area contributed by atoms with E-state index in [1.807, 2.05) is 20.8 Å². The number of nitrogens with two attached hydrogens (primary N) is 1. The fourth-order valence-corrected chi connectivity index (χ4v) is 2.11. The Hall–Kier alpha value is -1.10. The average Bonchev–Trinajstić information content (AvgIpc) is 2.45. The van der Waals surface area contributed by atoms with Crippen LogP contribution in [-0.2, 0) is 4.79 Å². The first-order chi connectivity index (χ1) is 6.90. The van der Waals surface area contributed by atoms with Crippen molar-refractivity contribution >= 4 is 11.9 Å². The van der Waals surface area contributed by atoms with Crippen LogP contribution < -0.4 is 11.1 Å². The predicted octanol–water partition coefficient (Wildman–Crippen LogP) is 0.302. The zero-order valence-electron chi connectivity index (χ0n) is 9.54. The molecule has 0 aromatic heterocycles. The van der Waals surface area contributed by atoms with Crippen molar-refractivity contribution in [2.45, 2.75) is 32.7 Å². The second kappa shape index (κ2) is 4.18. The van der Waals surface area contributed by atoms with E-state index in [-0.39, 0.29) is 18.5 Å². The molecule has 1 atom stereocenters. The van der Waals surface area contributed by atoms with Gasteiger partial charge in [0.1, 0.15) is 0 Å². The molecule has 15 heavy (non-hydrogen) atoms. The molecule has 1 fully saturated rings. The third-order valence-electron chi connectivity index (χ3n) is 2.67. The Bertz CT molecular complexity index is 262. The number of imide groups is 1. The number of carbonyl (C=O) groups is 2. The van der Waals surface area contributed by atoms with Crippen molar-refractivity contribution in [1.82, 2.24) is 10.2 Å². The molecule has 1 rings (SSSR count).